The Bertz CT molecular complexity index is 870. The molecule has 3 rings (SSSR count). The Kier molecular flexibility index (Phi) is 3.76. The molecule has 0 amide bonds. The minimum absolute atomic E-state index is 0.112. The number of benzene rings is 1. The zero-order valence-corrected chi connectivity index (χ0v) is 13.9. The van der Waals surface area contributed by atoms with Crippen LogP contribution in [0.15, 0.2) is 35.1 Å². The average Bonchev–Trinajstić information content (AvgIpc) is 2.53. The lowest BCUT2D eigenvalue weighted by atomic mass is 9.75. The van der Waals surface area contributed by atoms with E-state index in [1.165, 1.54) is 30.3 Å². The van der Waals surface area contributed by atoms with Crippen LogP contribution in [0.1, 0.15) is 32.4 Å². The molecule has 1 aromatic carbocycles. The second-order valence-electron chi connectivity index (χ2n) is 6.62. The lowest BCUT2D eigenvalue weighted by Crippen LogP contribution is -2.60. The lowest BCUT2D eigenvalue weighted by Gasteiger charge is -2.49. The molecule has 0 radical (unpaired) electrons. The van der Waals surface area contributed by atoms with E-state index in [-0.39, 0.29) is 11.2 Å². The van der Waals surface area contributed by atoms with Gasteiger partial charge in [0.2, 0.25) is 0 Å². The summed E-state index contributed by atoms with van der Waals surface area (Å²) in [5.74, 6) is 0.754. The molecule has 2 atom stereocenters. The summed E-state index contributed by atoms with van der Waals surface area (Å²) in [7, 11) is 0. The SMILES string of the molecule is CC1(C)Oc2ccc([N+](=O)[O-])cc2C(Nc2ccc(=O)[nH]n2)C1(C)O. The molecule has 0 saturated carbocycles. The third-order valence-corrected chi connectivity index (χ3v) is 4.63. The fourth-order valence-electron chi connectivity index (χ4n) is 2.79. The van der Waals surface area contributed by atoms with Gasteiger partial charge >= 0.3 is 0 Å². The van der Waals surface area contributed by atoms with Gasteiger partial charge in [-0.25, -0.2) is 5.10 Å². The molecule has 3 N–H and O–H groups in total. The quantitative estimate of drug-likeness (QED) is 0.570. The molecular weight excluding hydrogens is 328 g/mol. The molecule has 1 aromatic heterocycles. The molecule has 0 aliphatic carbocycles. The highest BCUT2D eigenvalue weighted by atomic mass is 16.6. The van der Waals surface area contributed by atoms with Crippen molar-refractivity contribution in [3.63, 3.8) is 0 Å². The maximum atomic E-state index is 11.2. The molecule has 0 saturated heterocycles. The first-order chi connectivity index (χ1) is 11.6. The number of rotatable bonds is 3. The lowest BCUT2D eigenvalue weighted by molar-refractivity contribution is -0.385. The molecule has 9 heteroatoms. The van der Waals surface area contributed by atoms with E-state index in [0.29, 0.717) is 17.1 Å². The number of non-ortho nitro benzene ring substituents is 1. The summed E-state index contributed by atoms with van der Waals surface area (Å²) in [6.07, 6.45) is 0. The van der Waals surface area contributed by atoms with Gasteiger partial charge in [0, 0.05) is 23.8 Å². The molecular formula is C16H18N4O5. The van der Waals surface area contributed by atoms with Crippen molar-refractivity contribution in [2.75, 3.05) is 5.32 Å². The van der Waals surface area contributed by atoms with E-state index in [4.69, 9.17) is 4.74 Å². The number of fused-ring (bicyclic) bond motifs is 1. The minimum atomic E-state index is -1.42. The molecule has 2 aromatic rings. The normalized spacial score (nSPS) is 24.1. The molecule has 2 heterocycles. The largest absolute Gasteiger partial charge is 0.484 e. The summed E-state index contributed by atoms with van der Waals surface area (Å²) < 4.78 is 5.87. The van der Waals surface area contributed by atoms with Gasteiger partial charge < -0.3 is 15.2 Å². The van der Waals surface area contributed by atoms with Gasteiger partial charge in [0.25, 0.3) is 11.2 Å². The topological polar surface area (TPSA) is 130 Å². The highest BCUT2D eigenvalue weighted by molar-refractivity contribution is 5.52. The highest BCUT2D eigenvalue weighted by Gasteiger charge is 2.53. The van der Waals surface area contributed by atoms with Gasteiger partial charge in [-0.2, -0.15) is 5.10 Å². The van der Waals surface area contributed by atoms with Gasteiger partial charge in [-0.15, -0.1) is 0 Å². The van der Waals surface area contributed by atoms with Crippen molar-refractivity contribution in [1.29, 1.82) is 0 Å². The van der Waals surface area contributed by atoms with Crippen LogP contribution in [-0.2, 0) is 0 Å². The number of H-pyrrole nitrogens is 1. The van der Waals surface area contributed by atoms with E-state index in [2.05, 4.69) is 15.5 Å². The number of nitrogens with zero attached hydrogens (tertiary/aromatic N) is 2. The Morgan fingerprint density at radius 3 is 2.64 bits per heavy atom. The van der Waals surface area contributed by atoms with Gasteiger partial charge in [0.15, 0.2) is 0 Å². The molecule has 132 valence electrons. The van der Waals surface area contributed by atoms with Crippen LogP contribution in [0.25, 0.3) is 0 Å². The van der Waals surface area contributed by atoms with Crippen LogP contribution >= 0.6 is 0 Å². The first-order valence-electron chi connectivity index (χ1n) is 7.64. The van der Waals surface area contributed by atoms with Crippen molar-refractivity contribution < 1.29 is 14.8 Å². The van der Waals surface area contributed by atoms with Crippen LogP contribution in [0.2, 0.25) is 0 Å². The van der Waals surface area contributed by atoms with Crippen molar-refractivity contribution in [3.8, 4) is 5.75 Å². The third kappa shape index (κ3) is 2.82. The van der Waals surface area contributed by atoms with E-state index in [1.807, 2.05) is 0 Å². The van der Waals surface area contributed by atoms with Crippen molar-refractivity contribution in [3.05, 3.63) is 56.4 Å². The van der Waals surface area contributed by atoms with E-state index in [9.17, 15) is 20.0 Å². The number of aromatic amines is 1. The Morgan fingerprint density at radius 1 is 1.32 bits per heavy atom. The molecule has 2 unspecified atom stereocenters. The van der Waals surface area contributed by atoms with Crippen LogP contribution in [0, 0.1) is 10.1 Å². The van der Waals surface area contributed by atoms with E-state index < -0.39 is 22.2 Å². The van der Waals surface area contributed by atoms with Gasteiger partial charge in [-0.1, -0.05) is 0 Å². The number of anilines is 1. The highest BCUT2D eigenvalue weighted by Crippen LogP contribution is 2.48. The molecule has 1 aliphatic heterocycles. The Hall–Kier alpha value is -2.94. The van der Waals surface area contributed by atoms with Crippen LogP contribution in [0.3, 0.4) is 0 Å². The second-order valence-corrected chi connectivity index (χ2v) is 6.62. The summed E-state index contributed by atoms with van der Waals surface area (Å²) in [6.45, 7) is 5.04. The fourth-order valence-corrected chi connectivity index (χ4v) is 2.79. The predicted molar refractivity (Wildman–Crippen MR) is 89.6 cm³/mol. The maximum absolute atomic E-state index is 11.2. The van der Waals surface area contributed by atoms with Gasteiger partial charge in [0.05, 0.1) is 11.0 Å². The molecule has 0 bridgehead atoms. The molecule has 9 nitrogen and oxygen atoms in total. The number of ether oxygens (including phenoxy) is 1. The summed E-state index contributed by atoms with van der Waals surface area (Å²) >= 11 is 0. The van der Waals surface area contributed by atoms with Crippen molar-refractivity contribution in [2.24, 2.45) is 0 Å². The van der Waals surface area contributed by atoms with Crippen LogP contribution in [0.4, 0.5) is 11.5 Å². The van der Waals surface area contributed by atoms with Gasteiger partial charge in [-0.05, 0) is 32.9 Å². The minimum Gasteiger partial charge on any atom is -0.484 e. The number of hydrogen-bond donors (Lipinski definition) is 3. The van der Waals surface area contributed by atoms with Crippen LogP contribution in [0.5, 0.6) is 5.75 Å². The van der Waals surface area contributed by atoms with E-state index in [0.717, 1.165) is 0 Å². The Labute approximate surface area is 142 Å². The van der Waals surface area contributed by atoms with Crippen molar-refractivity contribution >= 4 is 11.5 Å². The summed E-state index contributed by atoms with van der Waals surface area (Å²) in [4.78, 5) is 21.8. The number of nitro groups is 1. The Morgan fingerprint density at radius 2 is 2.04 bits per heavy atom. The van der Waals surface area contributed by atoms with Gasteiger partial charge in [0.1, 0.15) is 22.8 Å². The fraction of sp³-hybridized carbons (Fsp3) is 0.375. The zero-order valence-electron chi connectivity index (χ0n) is 13.9. The monoisotopic (exact) mass is 346 g/mol. The summed E-state index contributed by atoms with van der Waals surface area (Å²) in [6, 6.07) is 6.24. The second kappa shape index (κ2) is 5.55. The number of aliphatic hydroxyl groups is 1. The van der Waals surface area contributed by atoms with Gasteiger partial charge in [-0.3, -0.25) is 14.9 Å². The smallest absolute Gasteiger partial charge is 0.270 e. The number of aromatic nitrogens is 2. The first-order valence-corrected chi connectivity index (χ1v) is 7.64. The zero-order chi connectivity index (χ0) is 18.4. The maximum Gasteiger partial charge on any atom is 0.270 e. The van der Waals surface area contributed by atoms with E-state index >= 15 is 0 Å². The Balaban J connectivity index is 2.12. The molecule has 0 spiro atoms. The predicted octanol–water partition coefficient (Wildman–Crippen LogP) is 1.75. The molecule has 0 fully saturated rings. The van der Waals surface area contributed by atoms with E-state index in [1.54, 1.807) is 20.8 Å². The standard InChI is InChI=1S/C16H18N4O5/c1-15(2)16(3,22)14(17-12-6-7-13(21)19-18-12)10-8-9(20(23)24)4-5-11(10)25-15/h4-8,14,22H,1-3H3,(H,17,18)(H,19,21). The number of hydrogen-bond acceptors (Lipinski definition) is 7. The average molecular weight is 346 g/mol. The summed E-state index contributed by atoms with van der Waals surface area (Å²) in [5, 5.41) is 31.4. The molecule has 25 heavy (non-hydrogen) atoms. The van der Waals surface area contributed by atoms with Crippen LogP contribution < -0.4 is 15.6 Å². The number of nitro benzene ring substituents is 1. The third-order valence-electron chi connectivity index (χ3n) is 4.63. The van der Waals surface area contributed by atoms with Crippen molar-refractivity contribution in [1.82, 2.24) is 10.2 Å². The summed E-state index contributed by atoms with van der Waals surface area (Å²) in [5.41, 5.74) is -2.44. The molecule has 1 aliphatic rings. The van der Waals surface area contributed by atoms with Crippen LogP contribution in [-0.4, -0.2) is 31.4 Å². The number of nitrogens with one attached hydrogen (secondary N) is 2. The van der Waals surface area contributed by atoms with Crippen molar-refractivity contribution in [2.45, 2.75) is 38.0 Å². The first kappa shape index (κ1) is 16.9.